The van der Waals surface area contributed by atoms with Crippen LogP contribution in [0.4, 0.5) is 5.69 Å². The molecule has 5 nitrogen and oxygen atoms in total. The maximum atomic E-state index is 11.9. The number of ether oxygens (including phenoxy) is 1. The Morgan fingerprint density at radius 1 is 1.23 bits per heavy atom. The number of hydrogen-bond donors (Lipinski definition) is 1. The molecule has 0 atom stereocenters. The first kappa shape index (κ1) is 16.8. The fourth-order valence-electron chi connectivity index (χ4n) is 1.80. The summed E-state index contributed by atoms with van der Waals surface area (Å²) in [6.07, 6.45) is 1.40. The Hall–Kier alpha value is -1.60. The Bertz CT molecular complexity index is 701. The molecule has 1 aromatic carbocycles. The predicted molar refractivity (Wildman–Crippen MR) is 88.9 cm³/mol. The summed E-state index contributed by atoms with van der Waals surface area (Å²) in [5.41, 5.74) is 1.94. The Morgan fingerprint density at radius 2 is 1.86 bits per heavy atom. The Balaban J connectivity index is 1.97. The van der Waals surface area contributed by atoms with Crippen molar-refractivity contribution in [3.63, 3.8) is 0 Å². The van der Waals surface area contributed by atoms with E-state index >= 15 is 0 Å². The van der Waals surface area contributed by atoms with Crippen molar-refractivity contribution < 1.29 is 18.7 Å². The lowest BCUT2D eigenvalue weighted by atomic mass is 10.2. The summed E-state index contributed by atoms with van der Waals surface area (Å²) in [6, 6.07) is 5.26. The molecule has 0 saturated heterocycles. The van der Waals surface area contributed by atoms with E-state index < -0.39 is 11.9 Å². The zero-order valence-electron chi connectivity index (χ0n) is 11.9. The van der Waals surface area contributed by atoms with Crippen molar-refractivity contribution in [1.29, 1.82) is 0 Å². The van der Waals surface area contributed by atoms with E-state index in [1.54, 1.807) is 6.92 Å². The maximum Gasteiger partial charge on any atom is 0.342 e. The molecule has 7 heteroatoms. The number of hydrogen-bond acceptors (Lipinski definition) is 4. The number of aryl methyl sites for hydroxylation is 2. The molecule has 116 valence electrons. The molecule has 2 aromatic rings. The van der Waals surface area contributed by atoms with Crippen LogP contribution < -0.4 is 5.32 Å². The maximum absolute atomic E-state index is 11.9. The highest BCUT2D eigenvalue weighted by Crippen LogP contribution is 2.32. The number of benzene rings is 1. The quantitative estimate of drug-likeness (QED) is 0.737. The first-order valence-electron chi connectivity index (χ1n) is 6.35. The van der Waals surface area contributed by atoms with Crippen molar-refractivity contribution in [3.8, 4) is 0 Å². The van der Waals surface area contributed by atoms with Crippen molar-refractivity contribution in [2.24, 2.45) is 0 Å². The molecule has 0 fully saturated rings. The molecule has 2 rings (SSSR count). The lowest BCUT2D eigenvalue weighted by Gasteiger charge is -2.11. The van der Waals surface area contributed by atoms with E-state index in [4.69, 9.17) is 9.15 Å². The van der Waals surface area contributed by atoms with E-state index in [0.29, 0.717) is 17.0 Å². The smallest absolute Gasteiger partial charge is 0.342 e. The van der Waals surface area contributed by atoms with Crippen LogP contribution in [0.2, 0.25) is 0 Å². The second-order valence-electron chi connectivity index (χ2n) is 4.62. The van der Waals surface area contributed by atoms with Gasteiger partial charge in [-0.2, -0.15) is 0 Å². The summed E-state index contributed by atoms with van der Waals surface area (Å²) in [5.74, 6) is -0.572. The average Bonchev–Trinajstić information content (AvgIpc) is 2.86. The molecule has 0 bridgehead atoms. The summed E-state index contributed by atoms with van der Waals surface area (Å²) in [4.78, 5) is 23.7. The Kier molecular flexibility index (Phi) is 5.42. The van der Waals surface area contributed by atoms with Crippen LogP contribution in [0.3, 0.4) is 0 Å². The van der Waals surface area contributed by atoms with Crippen LogP contribution >= 0.6 is 31.9 Å². The van der Waals surface area contributed by atoms with Crippen LogP contribution in [-0.4, -0.2) is 18.5 Å². The van der Waals surface area contributed by atoms with Crippen LogP contribution in [-0.2, 0) is 9.53 Å². The summed E-state index contributed by atoms with van der Waals surface area (Å²) in [5, 5.41) is 2.69. The SMILES string of the molecule is Cc1cc(Br)c(NC(=O)COC(=O)c2ccoc2C)c(Br)c1. The van der Waals surface area contributed by atoms with Crippen LogP contribution in [0.25, 0.3) is 0 Å². The number of furan rings is 1. The van der Waals surface area contributed by atoms with Gasteiger partial charge in [-0.15, -0.1) is 0 Å². The Labute approximate surface area is 144 Å². The first-order chi connectivity index (χ1) is 10.4. The topological polar surface area (TPSA) is 68.5 Å². The molecule has 0 saturated carbocycles. The molecule has 22 heavy (non-hydrogen) atoms. The van der Waals surface area contributed by atoms with Crippen LogP contribution in [0.1, 0.15) is 21.7 Å². The number of nitrogens with one attached hydrogen (secondary N) is 1. The van der Waals surface area contributed by atoms with E-state index in [1.165, 1.54) is 12.3 Å². The third kappa shape index (κ3) is 3.98. The summed E-state index contributed by atoms with van der Waals surface area (Å²) in [7, 11) is 0. The minimum absolute atomic E-state index is 0.311. The fraction of sp³-hybridized carbons (Fsp3) is 0.200. The fourth-order valence-corrected chi connectivity index (χ4v) is 3.41. The number of anilines is 1. The van der Waals surface area contributed by atoms with Crippen molar-refractivity contribution in [2.75, 3.05) is 11.9 Å². The molecule has 1 N–H and O–H groups in total. The molecule has 0 spiro atoms. The van der Waals surface area contributed by atoms with Gasteiger partial charge >= 0.3 is 5.97 Å². The van der Waals surface area contributed by atoms with Gasteiger partial charge in [0.2, 0.25) is 0 Å². The van der Waals surface area contributed by atoms with E-state index in [9.17, 15) is 9.59 Å². The molecular formula is C15H13Br2NO4. The van der Waals surface area contributed by atoms with Crippen molar-refractivity contribution in [1.82, 2.24) is 0 Å². The lowest BCUT2D eigenvalue weighted by molar-refractivity contribution is -0.119. The second kappa shape index (κ2) is 7.11. The van der Waals surface area contributed by atoms with Crippen molar-refractivity contribution in [3.05, 3.63) is 50.3 Å². The third-order valence-electron chi connectivity index (χ3n) is 2.86. The van der Waals surface area contributed by atoms with Crippen LogP contribution in [0, 0.1) is 13.8 Å². The molecule has 0 aliphatic rings. The van der Waals surface area contributed by atoms with Gasteiger partial charge in [-0.05, 0) is 69.5 Å². The molecule has 1 amide bonds. The van der Waals surface area contributed by atoms with Crippen LogP contribution in [0.5, 0.6) is 0 Å². The number of halogens is 2. The summed E-state index contributed by atoms with van der Waals surface area (Å²) < 4.78 is 11.5. The second-order valence-corrected chi connectivity index (χ2v) is 6.33. The molecule has 0 radical (unpaired) electrons. The monoisotopic (exact) mass is 429 g/mol. The molecule has 0 unspecified atom stereocenters. The van der Waals surface area contributed by atoms with Gasteiger partial charge in [0, 0.05) is 8.95 Å². The predicted octanol–water partition coefficient (Wildman–Crippen LogP) is 4.22. The van der Waals surface area contributed by atoms with Gasteiger partial charge in [-0.3, -0.25) is 4.79 Å². The van der Waals surface area contributed by atoms with E-state index in [1.807, 2.05) is 19.1 Å². The zero-order valence-corrected chi connectivity index (χ0v) is 15.1. The number of amides is 1. The normalized spacial score (nSPS) is 10.4. The van der Waals surface area contributed by atoms with Gasteiger partial charge < -0.3 is 14.5 Å². The first-order valence-corrected chi connectivity index (χ1v) is 7.94. The molecule has 0 aliphatic heterocycles. The number of carbonyl (C=O) groups is 2. The minimum Gasteiger partial charge on any atom is -0.469 e. The molecule has 1 heterocycles. The van der Waals surface area contributed by atoms with Crippen LogP contribution in [0.15, 0.2) is 37.8 Å². The molecular weight excluding hydrogens is 418 g/mol. The van der Waals surface area contributed by atoms with E-state index in [2.05, 4.69) is 37.2 Å². The van der Waals surface area contributed by atoms with Gasteiger partial charge in [-0.1, -0.05) is 0 Å². The van der Waals surface area contributed by atoms with Gasteiger partial charge in [0.1, 0.15) is 11.3 Å². The molecule has 0 aliphatic carbocycles. The summed E-state index contributed by atoms with van der Waals surface area (Å²) >= 11 is 6.77. The van der Waals surface area contributed by atoms with Gasteiger partial charge in [0.05, 0.1) is 12.0 Å². The van der Waals surface area contributed by atoms with Gasteiger partial charge in [-0.25, -0.2) is 4.79 Å². The largest absolute Gasteiger partial charge is 0.469 e. The van der Waals surface area contributed by atoms with Gasteiger partial charge in [0.15, 0.2) is 6.61 Å². The number of carbonyl (C=O) groups excluding carboxylic acids is 2. The number of rotatable bonds is 4. The third-order valence-corrected chi connectivity index (χ3v) is 4.11. The number of esters is 1. The summed E-state index contributed by atoms with van der Waals surface area (Å²) in [6.45, 7) is 3.21. The average molecular weight is 431 g/mol. The highest BCUT2D eigenvalue weighted by atomic mass is 79.9. The minimum atomic E-state index is -0.594. The lowest BCUT2D eigenvalue weighted by Crippen LogP contribution is -2.21. The van der Waals surface area contributed by atoms with E-state index in [-0.39, 0.29) is 6.61 Å². The van der Waals surface area contributed by atoms with E-state index in [0.717, 1.165) is 14.5 Å². The molecule has 1 aromatic heterocycles. The zero-order chi connectivity index (χ0) is 16.3. The highest BCUT2D eigenvalue weighted by Gasteiger charge is 2.16. The Morgan fingerprint density at radius 3 is 2.41 bits per heavy atom. The van der Waals surface area contributed by atoms with Crippen molar-refractivity contribution >= 4 is 49.4 Å². The highest BCUT2D eigenvalue weighted by molar-refractivity contribution is 9.11. The standard InChI is InChI=1S/C15H13Br2NO4/c1-8-5-11(16)14(12(17)6-8)18-13(19)7-22-15(20)10-3-4-21-9(10)2/h3-6H,7H2,1-2H3,(H,18,19). The van der Waals surface area contributed by atoms with Gasteiger partial charge in [0.25, 0.3) is 5.91 Å². The van der Waals surface area contributed by atoms with Crippen molar-refractivity contribution in [2.45, 2.75) is 13.8 Å².